The normalized spacial score (nSPS) is 12.5. The molecule has 1 aromatic heterocycles. The zero-order chi connectivity index (χ0) is 13.7. The first kappa shape index (κ1) is 13.6. The summed E-state index contributed by atoms with van der Waals surface area (Å²) in [7, 11) is 1.48. The summed E-state index contributed by atoms with van der Waals surface area (Å²) in [6, 6.07) is 8.11. The van der Waals surface area contributed by atoms with E-state index >= 15 is 0 Å². The first-order chi connectivity index (χ1) is 9.26. The van der Waals surface area contributed by atoms with Gasteiger partial charge in [0.05, 0.1) is 0 Å². The number of fused-ring (bicyclic) bond motifs is 1. The topological polar surface area (TPSA) is 80.1 Å². The molecule has 0 saturated heterocycles. The fraction of sp³-hybridized carbons (Fsp3) is 0.357. The minimum Gasteiger partial charge on any atom is -0.370 e. The molecule has 1 unspecified atom stereocenters. The summed E-state index contributed by atoms with van der Waals surface area (Å²) >= 11 is 0. The number of nitrogens with two attached hydrogens (primary N) is 1. The number of rotatable bonds is 6. The molecule has 5 nitrogen and oxygen atoms in total. The highest BCUT2D eigenvalue weighted by Crippen LogP contribution is 2.17. The lowest BCUT2D eigenvalue weighted by Crippen LogP contribution is -2.41. The number of aromatic amines is 1. The Balaban J connectivity index is 1.91. The molecule has 2 aromatic rings. The van der Waals surface area contributed by atoms with E-state index in [-0.39, 0.29) is 12.5 Å². The number of amides is 1. The van der Waals surface area contributed by atoms with Crippen molar-refractivity contribution in [1.82, 2.24) is 10.3 Å². The summed E-state index contributed by atoms with van der Waals surface area (Å²) in [6.45, 7) is 0.760. The van der Waals surface area contributed by atoms with Crippen molar-refractivity contribution in [3.8, 4) is 0 Å². The highest BCUT2D eigenvalue weighted by molar-refractivity contribution is 5.83. The van der Waals surface area contributed by atoms with Crippen LogP contribution in [0.5, 0.6) is 0 Å². The van der Waals surface area contributed by atoms with Gasteiger partial charge in [-0.15, -0.1) is 0 Å². The molecule has 5 heteroatoms. The summed E-state index contributed by atoms with van der Waals surface area (Å²) < 4.78 is 4.98. The van der Waals surface area contributed by atoms with Gasteiger partial charge < -0.3 is 20.8 Å². The Labute approximate surface area is 112 Å². The number of benzene rings is 1. The number of methoxy groups -OCH3 is 1. The van der Waals surface area contributed by atoms with Crippen LogP contribution in [0, 0.1) is 0 Å². The quantitative estimate of drug-likeness (QED) is 0.719. The summed E-state index contributed by atoms with van der Waals surface area (Å²) in [6.07, 6.45) is 2.19. The fourth-order valence-corrected chi connectivity index (χ4v) is 2.08. The van der Waals surface area contributed by atoms with Crippen LogP contribution in [0.25, 0.3) is 10.9 Å². The fourth-order valence-electron chi connectivity index (χ4n) is 2.08. The maximum absolute atomic E-state index is 11.7. The van der Waals surface area contributed by atoms with Crippen LogP contribution in [-0.2, 0) is 16.0 Å². The summed E-state index contributed by atoms with van der Waals surface area (Å²) in [5.41, 5.74) is 7.74. The molecule has 0 saturated carbocycles. The number of para-hydroxylation sites is 1. The predicted octanol–water partition coefficient (Wildman–Crippen LogP) is 0.800. The molecule has 102 valence electrons. The van der Waals surface area contributed by atoms with Crippen molar-refractivity contribution in [2.45, 2.75) is 12.5 Å². The average Bonchev–Trinajstić information content (AvgIpc) is 2.84. The number of ether oxygens (including phenoxy) is 1. The molecule has 4 N–H and O–H groups in total. The second-order valence-electron chi connectivity index (χ2n) is 4.36. The molecule has 19 heavy (non-hydrogen) atoms. The summed E-state index contributed by atoms with van der Waals surface area (Å²) in [5, 5.41) is 4.02. The van der Waals surface area contributed by atoms with Gasteiger partial charge in [-0.3, -0.25) is 4.79 Å². The Morgan fingerprint density at radius 2 is 2.26 bits per heavy atom. The highest BCUT2D eigenvalue weighted by atomic mass is 16.5. The van der Waals surface area contributed by atoms with E-state index in [1.165, 1.54) is 18.1 Å². The lowest BCUT2D eigenvalue weighted by molar-refractivity contribution is -0.130. The Hall–Kier alpha value is -1.85. The van der Waals surface area contributed by atoms with Crippen molar-refractivity contribution in [3.05, 3.63) is 36.0 Å². The number of hydrogen-bond acceptors (Lipinski definition) is 3. The number of aromatic nitrogens is 1. The number of carbonyl (C=O) groups is 1. The van der Waals surface area contributed by atoms with E-state index < -0.39 is 6.10 Å². The first-order valence-electron chi connectivity index (χ1n) is 6.32. The minimum absolute atomic E-state index is 0.162. The van der Waals surface area contributed by atoms with Gasteiger partial charge in [-0.2, -0.15) is 0 Å². The number of hydrogen-bond donors (Lipinski definition) is 3. The molecule has 0 aliphatic rings. The molecule has 1 atom stereocenters. The maximum Gasteiger partial charge on any atom is 0.250 e. The van der Waals surface area contributed by atoms with Gasteiger partial charge in [0.15, 0.2) is 0 Å². The standard InChI is InChI=1S/C14H19N3O2/c1-19-13(8-15)14(18)16-7-6-10-9-17-12-5-3-2-4-11(10)12/h2-5,9,13,17H,6-8,15H2,1H3,(H,16,18). The van der Waals surface area contributed by atoms with E-state index in [1.807, 2.05) is 24.4 Å². The van der Waals surface area contributed by atoms with Crippen LogP contribution in [-0.4, -0.2) is 37.2 Å². The number of carbonyl (C=O) groups excluding carboxylic acids is 1. The molecular weight excluding hydrogens is 242 g/mol. The third-order valence-electron chi connectivity index (χ3n) is 3.16. The summed E-state index contributed by atoms with van der Waals surface area (Å²) in [5.74, 6) is -0.162. The molecule has 1 heterocycles. The average molecular weight is 261 g/mol. The van der Waals surface area contributed by atoms with Crippen molar-refractivity contribution in [1.29, 1.82) is 0 Å². The van der Waals surface area contributed by atoms with Crippen LogP contribution in [0.1, 0.15) is 5.56 Å². The van der Waals surface area contributed by atoms with Crippen molar-refractivity contribution in [2.24, 2.45) is 5.73 Å². The molecule has 2 rings (SSSR count). The van der Waals surface area contributed by atoms with Gasteiger partial charge >= 0.3 is 0 Å². The monoisotopic (exact) mass is 261 g/mol. The third kappa shape index (κ3) is 3.13. The Morgan fingerprint density at radius 3 is 3.00 bits per heavy atom. The highest BCUT2D eigenvalue weighted by Gasteiger charge is 2.14. The van der Waals surface area contributed by atoms with E-state index in [0.29, 0.717) is 6.54 Å². The number of H-pyrrole nitrogens is 1. The molecule has 0 radical (unpaired) electrons. The van der Waals surface area contributed by atoms with Crippen LogP contribution in [0.3, 0.4) is 0 Å². The third-order valence-corrected chi connectivity index (χ3v) is 3.16. The van der Waals surface area contributed by atoms with Gasteiger partial charge in [0, 0.05) is 37.3 Å². The van der Waals surface area contributed by atoms with E-state index in [4.69, 9.17) is 10.5 Å². The van der Waals surface area contributed by atoms with Gasteiger partial charge in [0.2, 0.25) is 5.91 Å². The van der Waals surface area contributed by atoms with Gasteiger partial charge in [0.25, 0.3) is 0 Å². The zero-order valence-corrected chi connectivity index (χ0v) is 11.0. The van der Waals surface area contributed by atoms with Crippen molar-refractivity contribution in [2.75, 3.05) is 20.2 Å². The molecule has 1 amide bonds. The summed E-state index contributed by atoms with van der Waals surface area (Å²) in [4.78, 5) is 14.9. The lowest BCUT2D eigenvalue weighted by atomic mass is 10.1. The molecule has 0 bridgehead atoms. The second kappa shape index (κ2) is 6.36. The smallest absolute Gasteiger partial charge is 0.250 e. The number of nitrogens with one attached hydrogen (secondary N) is 2. The lowest BCUT2D eigenvalue weighted by Gasteiger charge is -2.12. The predicted molar refractivity (Wildman–Crippen MR) is 74.9 cm³/mol. The molecule has 0 fully saturated rings. The van der Waals surface area contributed by atoms with Gasteiger partial charge in [-0.25, -0.2) is 0 Å². The van der Waals surface area contributed by atoms with E-state index in [9.17, 15) is 4.79 Å². The molecule has 0 spiro atoms. The van der Waals surface area contributed by atoms with Crippen LogP contribution in [0.15, 0.2) is 30.5 Å². The molecule has 0 aliphatic heterocycles. The van der Waals surface area contributed by atoms with Crippen molar-refractivity contribution in [3.63, 3.8) is 0 Å². The van der Waals surface area contributed by atoms with Crippen molar-refractivity contribution < 1.29 is 9.53 Å². The Morgan fingerprint density at radius 1 is 1.47 bits per heavy atom. The first-order valence-corrected chi connectivity index (χ1v) is 6.32. The van der Waals surface area contributed by atoms with Crippen LogP contribution in [0.4, 0.5) is 0 Å². The SMILES string of the molecule is COC(CN)C(=O)NCCc1c[nH]c2ccccc12. The van der Waals surface area contributed by atoms with Gasteiger partial charge in [-0.05, 0) is 18.1 Å². The molecule has 1 aromatic carbocycles. The molecule has 0 aliphatic carbocycles. The zero-order valence-electron chi connectivity index (χ0n) is 11.0. The Kier molecular flexibility index (Phi) is 4.54. The second-order valence-corrected chi connectivity index (χ2v) is 4.36. The van der Waals surface area contributed by atoms with E-state index in [1.54, 1.807) is 0 Å². The largest absolute Gasteiger partial charge is 0.370 e. The molecular formula is C14H19N3O2. The Bertz CT molecular complexity index is 546. The van der Waals surface area contributed by atoms with Gasteiger partial charge in [0.1, 0.15) is 6.10 Å². The van der Waals surface area contributed by atoms with Crippen LogP contribution < -0.4 is 11.1 Å². The van der Waals surface area contributed by atoms with Gasteiger partial charge in [-0.1, -0.05) is 18.2 Å². The van der Waals surface area contributed by atoms with Crippen LogP contribution >= 0.6 is 0 Å². The maximum atomic E-state index is 11.7. The van der Waals surface area contributed by atoms with E-state index in [0.717, 1.165) is 11.9 Å². The van der Waals surface area contributed by atoms with Crippen LogP contribution in [0.2, 0.25) is 0 Å². The van der Waals surface area contributed by atoms with E-state index in [2.05, 4.69) is 16.4 Å². The minimum atomic E-state index is -0.567. The van der Waals surface area contributed by atoms with Crippen molar-refractivity contribution >= 4 is 16.8 Å².